The third-order valence-electron chi connectivity index (χ3n) is 6.84. The normalized spacial score (nSPS) is 15.4. The fourth-order valence-corrected chi connectivity index (χ4v) is 5.09. The summed E-state index contributed by atoms with van der Waals surface area (Å²) < 4.78 is 10.6. The van der Waals surface area contributed by atoms with E-state index in [-0.39, 0.29) is 25.2 Å². The molecule has 39 heavy (non-hydrogen) atoms. The molecule has 0 saturated carbocycles. The van der Waals surface area contributed by atoms with Gasteiger partial charge in [0.1, 0.15) is 5.75 Å². The second-order valence-electron chi connectivity index (χ2n) is 10.1. The zero-order valence-electron chi connectivity index (χ0n) is 22.6. The van der Waals surface area contributed by atoms with Gasteiger partial charge in [0.15, 0.2) is 11.2 Å². The molecule has 1 aliphatic rings. The average Bonchev–Trinajstić information content (AvgIpc) is 3.30. The number of anilines is 1. The van der Waals surface area contributed by atoms with E-state index in [0.717, 1.165) is 24.9 Å². The second-order valence-corrected chi connectivity index (χ2v) is 10.1. The molecule has 9 heteroatoms. The zero-order chi connectivity index (χ0) is 27.5. The molecule has 4 aromatic rings. The van der Waals surface area contributed by atoms with Gasteiger partial charge >= 0.3 is 5.69 Å². The second kappa shape index (κ2) is 11.2. The van der Waals surface area contributed by atoms with Crippen LogP contribution in [-0.2, 0) is 13.1 Å². The van der Waals surface area contributed by atoms with E-state index >= 15 is 0 Å². The number of piperidine rings is 1. The summed E-state index contributed by atoms with van der Waals surface area (Å²) in [5.74, 6) is 7.26. The number of nitrogens with two attached hydrogens (primary N) is 1. The molecule has 0 amide bonds. The van der Waals surface area contributed by atoms with Gasteiger partial charge in [-0.3, -0.25) is 13.9 Å². The van der Waals surface area contributed by atoms with Crippen molar-refractivity contribution in [1.82, 2.24) is 18.7 Å². The van der Waals surface area contributed by atoms with Crippen molar-refractivity contribution in [2.24, 2.45) is 5.73 Å². The van der Waals surface area contributed by atoms with Gasteiger partial charge in [0.2, 0.25) is 5.95 Å². The van der Waals surface area contributed by atoms with Gasteiger partial charge in [-0.25, -0.2) is 9.36 Å². The van der Waals surface area contributed by atoms with Crippen LogP contribution in [-0.4, -0.2) is 43.9 Å². The highest BCUT2D eigenvalue weighted by Gasteiger charge is 2.27. The lowest BCUT2D eigenvalue weighted by Crippen LogP contribution is -2.44. The molecule has 5 rings (SSSR count). The summed E-state index contributed by atoms with van der Waals surface area (Å²) in [4.78, 5) is 35.3. The molecule has 202 valence electrons. The van der Waals surface area contributed by atoms with Crippen molar-refractivity contribution in [1.29, 1.82) is 0 Å². The third-order valence-corrected chi connectivity index (χ3v) is 6.84. The minimum atomic E-state index is -0.467. The Hall–Kier alpha value is -4.29. The third kappa shape index (κ3) is 5.20. The fourth-order valence-electron chi connectivity index (χ4n) is 5.09. The monoisotopic (exact) mass is 526 g/mol. The van der Waals surface area contributed by atoms with Gasteiger partial charge in [-0.05, 0) is 51.8 Å². The Balaban J connectivity index is 1.80. The standard InChI is InChI=1S/C30H34N6O3/c1-4-5-18-34-26-27(32-29(34)33-17-11-13-23(31)20-33)36(24-14-7-6-8-15-24)30(38)35(28(26)37)19-22-12-9-10-16-25(22)39-21(2)3/h6-10,12,14-16,21,23H,11,13,17-20,31H2,1-3H3/t23-/m1/s1. The SMILES string of the molecule is CC#CCn1c(N2CCC[C@@H](N)C2)nc2c1c(=O)n(Cc1ccccc1OC(C)C)c(=O)n2-c1ccccc1. The highest BCUT2D eigenvalue weighted by Crippen LogP contribution is 2.25. The number of para-hydroxylation sites is 2. The predicted octanol–water partition coefficient (Wildman–Crippen LogP) is 3.14. The first-order valence-electron chi connectivity index (χ1n) is 13.3. The number of benzene rings is 2. The number of hydrogen-bond donors (Lipinski definition) is 1. The van der Waals surface area contributed by atoms with Crippen molar-refractivity contribution >= 4 is 17.1 Å². The molecule has 3 heterocycles. The molecule has 2 aromatic carbocycles. The molecule has 0 radical (unpaired) electrons. The molecule has 0 unspecified atom stereocenters. The van der Waals surface area contributed by atoms with Crippen LogP contribution in [0.25, 0.3) is 16.9 Å². The highest BCUT2D eigenvalue weighted by atomic mass is 16.5. The summed E-state index contributed by atoms with van der Waals surface area (Å²) in [6.45, 7) is 7.35. The summed E-state index contributed by atoms with van der Waals surface area (Å²) in [7, 11) is 0. The van der Waals surface area contributed by atoms with Crippen molar-refractivity contribution < 1.29 is 4.74 Å². The maximum atomic E-state index is 14.2. The molecule has 1 saturated heterocycles. The van der Waals surface area contributed by atoms with Crippen molar-refractivity contribution in [2.45, 2.75) is 58.8 Å². The van der Waals surface area contributed by atoms with E-state index in [1.807, 2.05) is 73.0 Å². The number of rotatable bonds is 7. The summed E-state index contributed by atoms with van der Waals surface area (Å²) >= 11 is 0. The van der Waals surface area contributed by atoms with Crippen LogP contribution in [0.5, 0.6) is 5.75 Å². The van der Waals surface area contributed by atoms with Crippen LogP contribution in [0.3, 0.4) is 0 Å². The Kier molecular flexibility index (Phi) is 7.57. The van der Waals surface area contributed by atoms with Gasteiger partial charge in [0.25, 0.3) is 5.56 Å². The van der Waals surface area contributed by atoms with E-state index in [2.05, 4.69) is 16.7 Å². The summed E-state index contributed by atoms with van der Waals surface area (Å²) in [5, 5.41) is 0. The lowest BCUT2D eigenvalue weighted by Gasteiger charge is -2.31. The number of ether oxygens (including phenoxy) is 1. The van der Waals surface area contributed by atoms with Crippen molar-refractivity contribution in [3.63, 3.8) is 0 Å². The zero-order valence-corrected chi connectivity index (χ0v) is 22.6. The van der Waals surface area contributed by atoms with E-state index in [9.17, 15) is 9.59 Å². The van der Waals surface area contributed by atoms with Gasteiger partial charge in [0, 0.05) is 24.7 Å². The summed E-state index contributed by atoms with van der Waals surface area (Å²) in [6.07, 6.45) is 1.80. The molecular formula is C30H34N6O3. The van der Waals surface area contributed by atoms with Gasteiger partial charge in [-0.1, -0.05) is 42.3 Å². The molecule has 0 bridgehead atoms. The van der Waals surface area contributed by atoms with E-state index in [1.54, 1.807) is 6.92 Å². The van der Waals surface area contributed by atoms with Crippen LogP contribution in [0.2, 0.25) is 0 Å². The molecule has 2 N–H and O–H groups in total. The Morgan fingerprint density at radius 3 is 2.54 bits per heavy atom. The first-order chi connectivity index (χ1) is 18.9. The van der Waals surface area contributed by atoms with Crippen LogP contribution in [0.15, 0.2) is 64.2 Å². The molecule has 9 nitrogen and oxygen atoms in total. The van der Waals surface area contributed by atoms with Crippen molar-refractivity contribution in [2.75, 3.05) is 18.0 Å². The lowest BCUT2D eigenvalue weighted by molar-refractivity contribution is 0.239. The number of fused-ring (bicyclic) bond motifs is 1. The van der Waals surface area contributed by atoms with Crippen LogP contribution < -0.4 is 26.6 Å². The number of imidazole rings is 1. The maximum Gasteiger partial charge on any atom is 0.337 e. The average molecular weight is 527 g/mol. The molecule has 1 fully saturated rings. The highest BCUT2D eigenvalue weighted by molar-refractivity contribution is 5.77. The first-order valence-corrected chi connectivity index (χ1v) is 13.3. The van der Waals surface area contributed by atoms with E-state index in [0.29, 0.717) is 35.1 Å². The van der Waals surface area contributed by atoms with Crippen LogP contribution in [0.1, 0.15) is 39.2 Å². The smallest absolute Gasteiger partial charge is 0.337 e. The maximum absolute atomic E-state index is 14.2. The van der Waals surface area contributed by atoms with E-state index in [1.165, 1.54) is 9.13 Å². The Labute approximate surface area is 227 Å². The largest absolute Gasteiger partial charge is 0.491 e. The molecule has 0 aliphatic carbocycles. The Bertz CT molecular complexity index is 1660. The lowest BCUT2D eigenvalue weighted by atomic mass is 10.1. The van der Waals surface area contributed by atoms with E-state index in [4.69, 9.17) is 15.5 Å². The molecule has 0 spiro atoms. The number of hydrogen-bond acceptors (Lipinski definition) is 6. The van der Waals surface area contributed by atoms with Gasteiger partial charge < -0.3 is 15.4 Å². The summed E-state index contributed by atoms with van der Waals surface area (Å²) in [5.41, 5.74) is 7.43. The Morgan fingerprint density at radius 2 is 1.82 bits per heavy atom. The van der Waals surface area contributed by atoms with Crippen molar-refractivity contribution in [3.05, 3.63) is 81.0 Å². The van der Waals surface area contributed by atoms with Crippen LogP contribution >= 0.6 is 0 Å². The first kappa shape index (κ1) is 26.3. The Morgan fingerprint density at radius 1 is 1.08 bits per heavy atom. The molecular weight excluding hydrogens is 492 g/mol. The number of nitrogens with zero attached hydrogens (tertiary/aromatic N) is 5. The molecule has 1 atom stereocenters. The minimum absolute atomic E-state index is 0.00899. The minimum Gasteiger partial charge on any atom is -0.491 e. The quantitative estimate of drug-likeness (QED) is 0.372. The van der Waals surface area contributed by atoms with Gasteiger partial charge in [-0.2, -0.15) is 4.98 Å². The molecule has 1 aliphatic heterocycles. The van der Waals surface area contributed by atoms with Crippen molar-refractivity contribution in [3.8, 4) is 23.3 Å². The molecule has 2 aromatic heterocycles. The van der Waals surface area contributed by atoms with Crippen LogP contribution in [0.4, 0.5) is 5.95 Å². The topological polar surface area (TPSA) is 100 Å². The predicted molar refractivity (Wildman–Crippen MR) is 154 cm³/mol. The van der Waals surface area contributed by atoms with Crippen LogP contribution in [0, 0.1) is 11.8 Å². The van der Waals surface area contributed by atoms with Gasteiger partial charge in [0.05, 0.1) is 24.9 Å². The van der Waals surface area contributed by atoms with Gasteiger partial charge in [-0.15, -0.1) is 5.92 Å². The number of aromatic nitrogens is 4. The van der Waals surface area contributed by atoms with E-state index < -0.39 is 11.2 Å². The fraction of sp³-hybridized carbons (Fsp3) is 0.367. The summed E-state index contributed by atoms with van der Waals surface area (Å²) in [6, 6.07) is 16.8.